The highest BCUT2D eigenvalue weighted by atomic mass is 16.5. The van der Waals surface area contributed by atoms with Crippen LogP contribution in [0, 0.1) is 0 Å². The van der Waals surface area contributed by atoms with Gasteiger partial charge in [-0.05, 0) is 30.8 Å². The third kappa shape index (κ3) is 5.47. The van der Waals surface area contributed by atoms with Crippen molar-refractivity contribution in [2.24, 2.45) is 0 Å². The molecule has 0 aromatic heterocycles. The third-order valence-electron chi connectivity index (χ3n) is 4.74. The van der Waals surface area contributed by atoms with Gasteiger partial charge in [-0.25, -0.2) is 0 Å². The largest absolute Gasteiger partial charge is 0.495 e. The summed E-state index contributed by atoms with van der Waals surface area (Å²) < 4.78 is 5.52. The first kappa shape index (κ1) is 19.7. The number of anilines is 2. The summed E-state index contributed by atoms with van der Waals surface area (Å²) >= 11 is 0. The molecule has 0 saturated carbocycles. The molecule has 3 rings (SSSR count). The predicted molar refractivity (Wildman–Crippen MR) is 116 cm³/mol. The fourth-order valence-corrected chi connectivity index (χ4v) is 3.12. The van der Waals surface area contributed by atoms with Crippen molar-refractivity contribution in [1.82, 2.24) is 4.90 Å². The Morgan fingerprint density at radius 3 is 2.50 bits per heavy atom. The van der Waals surface area contributed by atoms with Gasteiger partial charge in [-0.2, -0.15) is 0 Å². The first-order valence-corrected chi connectivity index (χ1v) is 9.48. The second-order valence-electron chi connectivity index (χ2n) is 6.80. The molecule has 0 atom stereocenters. The van der Waals surface area contributed by atoms with E-state index in [0.717, 1.165) is 48.9 Å². The molecule has 5 heteroatoms. The van der Waals surface area contributed by atoms with Crippen molar-refractivity contribution >= 4 is 23.4 Å². The lowest BCUT2D eigenvalue weighted by atomic mass is 10.2. The molecule has 0 aliphatic carbocycles. The maximum Gasteiger partial charge on any atom is 0.248 e. The molecule has 1 N–H and O–H groups in total. The SMILES string of the molecule is COc1ccc(NC(=O)/C=C/C=C/c2ccccc2)cc1N1CCN(C)CC1. The molecule has 0 unspecified atom stereocenters. The Kier molecular flexibility index (Phi) is 6.87. The average Bonchev–Trinajstić information content (AvgIpc) is 2.72. The fourth-order valence-electron chi connectivity index (χ4n) is 3.12. The van der Waals surface area contributed by atoms with Gasteiger partial charge in [-0.3, -0.25) is 4.79 Å². The molecular weight excluding hydrogens is 350 g/mol. The van der Waals surface area contributed by atoms with Crippen LogP contribution in [0.5, 0.6) is 5.75 Å². The van der Waals surface area contributed by atoms with Crippen LogP contribution < -0.4 is 15.0 Å². The zero-order valence-electron chi connectivity index (χ0n) is 16.5. The third-order valence-corrected chi connectivity index (χ3v) is 4.74. The highest BCUT2D eigenvalue weighted by Crippen LogP contribution is 2.32. The van der Waals surface area contributed by atoms with E-state index in [-0.39, 0.29) is 5.91 Å². The molecule has 1 aliphatic rings. The van der Waals surface area contributed by atoms with E-state index in [0.29, 0.717) is 0 Å². The van der Waals surface area contributed by atoms with E-state index in [1.54, 1.807) is 13.2 Å². The number of hydrogen-bond donors (Lipinski definition) is 1. The Labute approximate surface area is 166 Å². The van der Waals surface area contributed by atoms with E-state index in [1.165, 1.54) is 6.08 Å². The van der Waals surface area contributed by atoms with Gasteiger partial charge < -0.3 is 19.9 Å². The number of rotatable bonds is 6. The van der Waals surface area contributed by atoms with Crippen molar-refractivity contribution in [3.8, 4) is 5.75 Å². The fraction of sp³-hybridized carbons (Fsp3) is 0.261. The van der Waals surface area contributed by atoms with Crippen LogP contribution in [0.4, 0.5) is 11.4 Å². The van der Waals surface area contributed by atoms with Crippen molar-refractivity contribution in [2.75, 3.05) is 50.6 Å². The first-order valence-electron chi connectivity index (χ1n) is 9.48. The number of hydrogen-bond acceptors (Lipinski definition) is 4. The van der Waals surface area contributed by atoms with Crippen LogP contribution in [0.25, 0.3) is 6.08 Å². The molecule has 1 amide bonds. The van der Waals surface area contributed by atoms with Crippen LogP contribution >= 0.6 is 0 Å². The van der Waals surface area contributed by atoms with E-state index in [1.807, 2.05) is 60.7 Å². The summed E-state index contributed by atoms with van der Waals surface area (Å²) in [5.41, 5.74) is 2.87. The number of nitrogens with zero attached hydrogens (tertiary/aromatic N) is 2. The summed E-state index contributed by atoms with van der Waals surface area (Å²) in [5, 5.41) is 2.93. The number of amides is 1. The minimum Gasteiger partial charge on any atom is -0.495 e. The highest BCUT2D eigenvalue weighted by molar-refractivity contribution is 6.00. The summed E-state index contributed by atoms with van der Waals surface area (Å²) in [6.45, 7) is 3.90. The smallest absolute Gasteiger partial charge is 0.248 e. The molecule has 1 saturated heterocycles. The molecule has 1 aliphatic heterocycles. The number of nitrogens with one attached hydrogen (secondary N) is 1. The molecule has 1 heterocycles. The average molecular weight is 377 g/mol. The minimum absolute atomic E-state index is 0.160. The van der Waals surface area contributed by atoms with Gasteiger partial charge in [-0.15, -0.1) is 0 Å². The quantitative estimate of drug-likeness (QED) is 0.616. The topological polar surface area (TPSA) is 44.8 Å². The number of allylic oxidation sites excluding steroid dienone is 2. The standard InChI is InChI=1S/C23H27N3O2/c1-25-14-16-26(17-15-25)21-18-20(12-13-22(21)28-2)24-23(27)11-7-6-10-19-8-4-3-5-9-19/h3-13,18H,14-17H2,1-2H3,(H,24,27)/b10-6+,11-7+. The van der Waals surface area contributed by atoms with E-state index < -0.39 is 0 Å². The Morgan fingerprint density at radius 1 is 1.04 bits per heavy atom. The number of carbonyl (C=O) groups is 1. The Bertz CT molecular complexity index is 838. The summed E-state index contributed by atoms with van der Waals surface area (Å²) in [7, 11) is 3.80. The molecule has 28 heavy (non-hydrogen) atoms. The second kappa shape index (κ2) is 9.76. The van der Waals surface area contributed by atoms with Gasteiger partial charge in [0.25, 0.3) is 0 Å². The van der Waals surface area contributed by atoms with Crippen molar-refractivity contribution in [3.63, 3.8) is 0 Å². The lowest BCUT2D eigenvalue weighted by Gasteiger charge is -2.34. The van der Waals surface area contributed by atoms with Gasteiger partial charge in [-0.1, -0.05) is 48.6 Å². The maximum atomic E-state index is 12.2. The van der Waals surface area contributed by atoms with E-state index in [4.69, 9.17) is 4.74 Å². The van der Waals surface area contributed by atoms with Gasteiger partial charge in [0.2, 0.25) is 5.91 Å². The van der Waals surface area contributed by atoms with E-state index in [9.17, 15) is 4.79 Å². The van der Waals surface area contributed by atoms with Crippen LogP contribution in [-0.4, -0.2) is 51.1 Å². The molecule has 5 nitrogen and oxygen atoms in total. The highest BCUT2D eigenvalue weighted by Gasteiger charge is 2.18. The molecule has 0 bridgehead atoms. The number of benzene rings is 2. The number of methoxy groups -OCH3 is 1. The van der Waals surface area contributed by atoms with Crippen molar-refractivity contribution in [2.45, 2.75) is 0 Å². The predicted octanol–water partition coefficient (Wildman–Crippen LogP) is 3.66. The van der Waals surface area contributed by atoms with Gasteiger partial charge in [0, 0.05) is 37.9 Å². The van der Waals surface area contributed by atoms with Crippen molar-refractivity contribution in [3.05, 3.63) is 72.3 Å². The zero-order valence-corrected chi connectivity index (χ0v) is 16.5. The second-order valence-corrected chi connectivity index (χ2v) is 6.80. The van der Waals surface area contributed by atoms with Crippen LogP contribution in [0.2, 0.25) is 0 Å². The van der Waals surface area contributed by atoms with Crippen LogP contribution in [0.3, 0.4) is 0 Å². The summed E-state index contributed by atoms with van der Waals surface area (Å²) in [4.78, 5) is 16.8. The van der Waals surface area contributed by atoms with Crippen LogP contribution in [-0.2, 0) is 4.79 Å². The number of carbonyl (C=O) groups excluding carboxylic acids is 1. The lowest BCUT2D eigenvalue weighted by molar-refractivity contribution is -0.111. The summed E-state index contributed by atoms with van der Waals surface area (Å²) in [6.07, 6.45) is 7.09. The minimum atomic E-state index is -0.160. The van der Waals surface area contributed by atoms with E-state index >= 15 is 0 Å². The molecule has 0 spiro atoms. The molecular formula is C23H27N3O2. The monoisotopic (exact) mass is 377 g/mol. The zero-order chi connectivity index (χ0) is 19.8. The number of piperazine rings is 1. The van der Waals surface area contributed by atoms with Crippen LogP contribution in [0.1, 0.15) is 5.56 Å². The normalized spacial score (nSPS) is 15.3. The Hall–Kier alpha value is -3.05. The molecule has 2 aromatic rings. The van der Waals surface area contributed by atoms with Crippen molar-refractivity contribution in [1.29, 1.82) is 0 Å². The molecule has 146 valence electrons. The van der Waals surface area contributed by atoms with Gasteiger partial charge in [0.15, 0.2) is 0 Å². The van der Waals surface area contributed by atoms with Gasteiger partial charge in [0.05, 0.1) is 12.8 Å². The van der Waals surface area contributed by atoms with Crippen LogP contribution in [0.15, 0.2) is 66.8 Å². The van der Waals surface area contributed by atoms with Gasteiger partial charge in [0.1, 0.15) is 5.75 Å². The van der Waals surface area contributed by atoms with Gasteiger partial charge >= 0.3 is 0 Å². The number of ether oxygens (including phenoxy) is 1. The summed E-state index contributed by atoms with van der Waals surface area (Å²) in [6, 6.07) is 15.7. The Morgan fingerprint density at radius 2 is 1.79 bits per heavy atom. The lowest BCUT2D eigenvalue weighted by Crippen LogP contribution is -2.44. The van der Waals surface area contributed by atoms with E-state index in [2.05, 4.69) is 22.2 Å². The molecule has 2 aromatic carbocycles. The van der Waals surface area contributed by atoms with Crippen molar-refractivity contribution < 1.29 is 9.53 Å². The number of likely N-dealkylation sites (N-methyl/N-ethyl adjacent to an activating group) is 1. The molecule has 0 radical (unpaired) electrons. The molecule has 1 fully saturated rings. The maximum absolute atomic E-state index is 12.2. The first-order chi connectivity index (χ1) is 13.7. The Balaban J connectivity index is 1.63. The summed E-state index contributed by atoms with van der Waals surface area (Å²) in [5.74, 6) is 0.663.